The predicted octanol–water partition coefficient (Wildman–Crippen LogP) is -0.387. The summed E-state index contributed by atoms with van der Waals surface area (Å²) in [5, 5.41) is 13.2. The molecule has 0 aliphatic rings. The molecule has 0 fully saturated rings. The number of hydrogen-bond donors (Lipinski definition) is 4. The van der Waals surface area contributed by atoms with Crippen molar-refractivity contribution in [1.82, 2.24) is 10.6 Å². The number of nitrogens with two attached hydrogens (primary N) is 1. The van der Waals surface area contributed by atoms with Gasteiger partial charge in [-0.15, -0.1) is 11.8 Å². The highest BCUT2D eigenvalue weighted by molar-refractivity contribution is 8.00. The van der Waals surface area contributed by atoms with Crippen LogP contribution in [-0.4, -0.2) is 47.1 Å². The van der Waals surface area contributed by atoms with Gasteiger partial charge in [0.15, 0.2) is 0 Å². The summed E-state index contributed by atoms with van der Waals surface area (Å²) >= 11 is 1.07. The number of carbonyl (C=O) groups excluding carboxylic acids is 2. The zero-order chi connectivity index (χ0) is 14.1. The van der Waals surface area contributed by atoms with Crippen LogP contribution >= 0.6 is 11.8 Å². The number of thioether (sulfide) groups is 1. The smallest absolute Gasteiger partial charge is 0.321 e. The second-order valence-corrected chi connectivity index (χ2v) is 5.14. The van der Waals surface area contributed by atoms with Gasteiger partial charge in [0, 0.05) is 12.3 Å². The van der Waals surface area contributed by atoms with Gasteiger partial charge in [0.2, 0.25) is 5.91 Å². The van der Waals surface area contributed by atoms with Gasteiger partial charge >= 0.3 is 12.0 Å². The number of imide groups is 1. The molecule has 0 radical (unpaired) electrons. The van der Waals surface area contributed by atoms with Gasteiger partial charge in [-0.3, -0.25) is 14.9 Å². The largest absolute Gasteiger partial charge is 0.480 e. The molecule has 0 aliphatic carbocycles. The van der Waals surface area contributed by atoms with E-state index in [0.29, 0.717) is 12.5 Å². The maximum Gasteiger partial charge on any atom is 0.321 e. The number of carboxylic acid groups (broad SMARTS) is 1. The van der Waals surface area contributed by atoms with Crippen LogP contribution in [0.25, 0.3) is 0 Å². The number of carbonyl (C=O) groups is 3. The van der Waals surface area contributed by atoms with Gasteiger partial charge < -0.3 is 16.2 Å². The summed E-state index contributed by atoms with van der Waals surface area (Å²) in [6.45, 7) is 4.35. The molecule has 3 amide bonds. The van der Waals surface area contributed by atoms with E-state index in [0.717, 1.165) is 11.8 Å². The Morgan fingerprint density at radius 2 is 1.94 bits per heavy atom. The molecule has 104 valence electrons. The second kappa shape index (κ2) is 8.76. The predicted molar refractivity (Wildman–Crippen MR) is 69.3 cm³/mol. The Balaban J connectivity index is 3.71. The van der Waals surface area contributed by atoms with Crippen LogP contribution in [0.5, 0.6) is 0 Å². The highest BCUT2D eigenvalue weighted by atomic mass is 32.2. The van der Waals surface area contributed by atoms with E-state index in [2.05, 4.69) is 10.6 Å². The molecule has 0 aromatic carbocycles. The number of rotatable bonds is 7. The van der Waals surface area contributed by atoms with Crippen molar-refractivity contribution in [3.63, 3.8) is 0 Å². The van der Waals surface area contributed by atoms with Crippen LogP contribution in [0.3, 0.4) is 0 Å². The first-order valence-corrected chi connectivity index (χ1v) is 6.62. The maximum absolute atomic E-state index is 11.3. The normalized spacial score (nSPS) is 12.0. The molecule has 1 atom stereocenters. The van der Waals surface area contributed by atoms with Crippen LogP contribution in [0.4, 0.5) is 4.79 Å². The Bertz CT molecular complexity index is 309. The first kappa shape index (κ1) is 16.7. The molecule has 0 aliphatic heterocycles. The lowest BCUT2D eigenvalue weighted by Gasteiger charge is -2.09. The molecule has 0 unspecified atom stereocenters. The Morgan fingerprint density at radius 3 is 2.44 bits per heavy atom. The van der Waals surface area contributed by atoms with Gasteiger partial charge in [-0.25, -0.2) is 4.79 Å². The van der Waals surface area contributed by atoms with E-state index in [1.54, 1.807) is 0 Å². The lowest BCUT2D eigenvalue weighted by atomic mass is 10.2. The minimum atomic E-state index is -1.11. The zero-order valence-corrected chi connectivity index (χ0v) is 11.3. The van der Waals surface area contributed by atoms with E-state index in [1.165, 1.54) is 0 Å². The number of carboxylic acids is 1. The number of hydrogen-bond acceptors (Lipinski definition) is 5. The molecule has 0 bridgehead atoms. The van der Waals surface area contributed by atoms with Crippen LogP contribution < -0.4 is 16.4 Å². The summed E-state index contributed by atoms with van der Waals surface area (Å²) in [6, 6.07) is -1.55. The fourth-order valence-electron chi connectivity index (χ4n) is 0.854. The molecule has 0 spiro atoms. The topological polar surface area (TPSA) is 122 Å². The molecule has 0 rings (SSSR count). The van der Waals surface area contributed by atoms with Crippen molar-refractivity contribution < 1.29 is 19.5 Å². The maximum atomic E-state index is 11.3. The van der Waals surface area contributed by atoms with E-state index < -0.39 is 23.9 Å². The number of urea groups is 1. The van der Waals surface area contributed by atoms with Crippen LogP contribution in [0.15, 0.2) is 0 Å². The quantitative estimate of drug-likeness (QED) is 0.503. The van der Waals surface area contributed by atoms with Gasteiger partial charge in [0.25, 0.3) is 0 Å². The van der Waals surface area contributed by atoms with Gasteiger partial charge in [-0.2, -0.15) is 0 Å². The molecule has 5 N–H and O–H groups in total. The van der Waals surface area contributed by atoms with Crippen LogP contribution in [0, 0.1) is 5.92 Å². The number of nitrogens with one attached hydrogen (secondary N) is 2. The number of amides is 3. The Morgan fingerprint density at radius 1 is 1.33 bits per heavy atom. The van der Waals surface area contributed by atoms with Crippen LogP contribution in [0.1, 0.15) is 13.8 Å². The van der Waals surface area contributed by atoms with Crippen molar-refractivity contribution in [2.24, 2.45) is 11.7 Å². The van der Waals surface area contributed by atoms with Gasteiger partial charge in [0.1, 0.15) is 6.04 Å². The van der Waals surface area contributed by atoms with Crippen LogP contribution in [0.2, 0.25) is 0 Å². The Labute approximate surface area is 110 Å². The Hall–Kier alpha value is -1.28. The first-order chi connectivity index (χ1) is 8.32. The molecule has 7 nitrogen and oxygen atoms in total. The average molecular weight is 277 g/mol. The minimum Gasteiger partial charge on any atom is -0.480 e. The molecule has 0 aromatic heterocycles. The van der Waals surface area contributed by atoms with Crippen molar-refractivity contribution in [2.45, 2.75) is 19.9 Å². The standard InChI is InChI=1S/C10H19N3O4S/c1-6(2)3-12-10(17)13-8(14)5-18-4-7(11)9(15)16/h6-7H,3-5,11H2,1-2H3,(H,15,16)(H2,12,13,14,17)/t7-/m0/s1. The second-order valence-electron chi connectivity index (χ2n) is 4.11. The van der Waals surface area contributed by atoms with E-state index >= 15 is 0 Å². The summed E-state index contributed by atoms with van der Waals surface area (Å²) in [6.07, 6.45) is 0. The van der Waals surface area contributed by atoms with E-state index in [-0.39, 0.29) is 11.5 Å². The lowest BCUT2D eigenvalue weighted by Crippen LogP contribution is -2.42. The fraction of sp³-hybridized carbons (Fsp3) is 0.700. The monoisotopic (exact) mass is 277 g/mol. The summed E-state index contributed by atoms with van der Waals surface area (Å²) in [4.78, 5) is 32.9. The highest BCUT2D eigenvalue weighted by Gasteiger charge is 2.13. The molecule has 0 saturated heterocycles. The molecule has 18 heavy (non-hydrogen) atoms. The SMILES string of the molecule is CC(C)CNC(=O)NC(=O)CSC[C@H](N)C(=O)O. The summed E-state index contributed by atoms with van der Waals surface area (Å²) in [5.74, 6) is -1.17. The van der Waals surface area contributed by atoms with Crippen LogP contribution in [-0.2, 0) is 9.59 Å². The van der Waals surface area contributed by atoms with Crippen molar-refractivity contribution in [2.75, 3.05) is 18.1 Å². The van der Waals surface area contributed by atoms with Gasteiger partial charge in [-0.05, 0) is 5.92 Å². The molecular weight excluding hydrogens is 258 g/mol. The average Bonchev–Trinajstić information content (AvgIpc) is 2.25. The molecule has 0 saturated carbocycles. The third kappa shape index (κ3) is 8.82. The van der Waals surface area contributed by atoms with E-state index in [4.69, 9.17) is 10.8 Å². The third-order valence-corrected chi connectivity index (χ3v) is 2.83. The molecule has 8 heteroatoms. The molecular formula is C10H19N3O4S. The first-order valence-electron chi connectivity index (χ1n) is 5.46. The lowest BCUT2D eigenvalue weighted by molar-refractivity contribution is -0.138. The number of aliphatic carboxylic acids is 1. The molecule has 0 aromatic rings. The summed E-state index contributed by atoms with van der Waals surface area (Å²) in [7, 11) is 0. The fourth-order valence-corrected chi connectivity index (χ4v) is 1.63. The van der Waals surface area contributed by atoms with E-state index in [9.17, 15) is 14.4 Å². The van der Waals surface area contributed by atoms with Crippen molar-refractivity contribution in [1.29, 1.82) is 0 Å². The minimum absolute atomic E-state index is 0.00389. The van der Waals surface area contributed by atoms with Gasteiger partial charge in [0.05, 0.1) is 5.75 Å². The third-order valence-electron chi connectivity index (χ3n) is 1.77. The van der Waals surface area contributed by atoms with Crippen molar-refractivity contribution in [3.05, 3.63) is 0 Å². The van der Waals surface area contributed by atoms with Crippen molar-refractivity contribution >= 4 is 29.7 Å². The summed E-state index contributed by atoms with van der Waals surface area (Å²) in [5.41, 5.74) is 5.25. The summed E-state index contributed by atoms with van der Waals surface area (Å²) < 4.78 is 0. The van der Waals surface area contributed by atoms with E-state index in [1.807, 2.05) is 13.8 Å². The van der Waals surface area contributed by atoms with Crippen molar-refractivity contribution in [3.8, 4) is 0 Å². The zero-order valence-electron chi connectivity index (χ0n) is 10.4. The Kier molecular flexibility index (Phi) is 8.14. The molecule has 0 heterocycles. The highest BCUT2D eigenvalue weighted by Crippen LogP contribution is 2.01. The van der Waals surface area contributed by atoms with Gasteiger partial charge in [-0.1, -0.05) is 13.8 Å².